The number of aromatic nitrogens is 6. The number of ether oxygens (including phenoxy) is 2. The monoisotopic (exact) mass is 516 g/mol. The van der Waals surface area contributed by atoms with Gasteiger partial charge in [-0.1, -0.05) is 20.8 Å². The predicted molar refractivity (Wildman–Crippen MR) is 143 cm³/mol. The molecule has 0 bridgehead atoms. The van der Waals surface area contributed by atoms with Gasteiger partial charge in [-0.3, -0.25) is 9.48 Å². The van der Waals surface area contributed by atoms with Crippen LogP contribution in [0.2, 0.25) is 0 Å². The van der Waals surface area contributed by atoms with E-state index in [4.69, 9.17) is 19.6 Å². The van der Waals surface area contributed by atoms with Gasteiger partial charge in [0.2, 0.25) is 11.9 Å². The summed E-state index contributed by atoms with van der Waals surface area (Å²) in [7, 11) is 1.93. The second-order valence-electron chi connectivity index (χ2n) is 11.3. The first-order valence-electron chi connectivity index (χ1n) is 12.8. The summed E-state index contributed by atoms with van der Waals surface area (Å²) >= 11 is 0. The minimum atomic E-state index is -0.198. The molecular weight excluding hydrogens is 484 g/mol. The molecule has 2 fully saturated rings. The minimum Gasteiger partial charge on any atom is -0.455 e. The molecule has 1 aliphatic heterocycles. The summed E-state index contributed by atoms with van der Waals surface area (Å²) in [5.41, 5.74) is 2.73. The third kappa shape index (κ3) is 4.47. The van der Waals surface area contributed by atoms with Crippen molar-refractivity contribution < 1.29 is 14.3 Å². The highest BCUT2D eigenvalue weighted by Crippen LogP contribution is 2.58. The molecule has 198 valence electrons. The number of anilines is 3. The molecule has 0 unspecified atom stereocenters. The van der Waals surface area contributed by atoms with Crippen molar-refractivity contribution in [3.8, 4) is 11.5 Å². The standard InChI is InChI=1S/C27H32N8O3/c1-16(36)30-22-11-17(6-9-28-22)38-18-10-19-24(29-13-18)32-25(34(19)5)31-23-12-20(26(2,3)4)35(33-23)21-14-37-15-27(21)7-8-27/h6,9-13,21H,7-8,14-15H2,1-5H3,(H,28,30,36)(H,29,31,32,33)/t21-/m0/s1. The highest BCUT2D eigenvalue weighted by Gasteiger charge is 2.55. The van der Waals surface area contributed by atoms with Crippen LogP contribution in [0.1, 0.15) is 52.3 Å². The lowest BCUT2D eigenvalue weighted by Crippen LogP contribution is -2.26. The summed E-state index contributed by atoms with van der Waals surface area (Å²) in [6.45, 7) is 9.58. The Hall–Kier alpha value is -3.99. The first kappa shape index (κ1) is 24.4. The molecule has 11 nitrogen and oxygen atoms in total. The van der Waals surface area contributed by atoms with E-state index in [0.717, 1.165) is 17.9 Å². The predicted octanol–water partition coefficient (Wildman–Crippen LogP) is 4.70. The zero-order valence-corrected chi connectivity index (χ0v) is 22.3. The highest BCUT2D eigenvalue weighted by atomic mass is 16.5. The van der Waals surface area contributed by atoms with Crippen LogP contribution in [0.3, 0.4) is 0 Å². The Morgan fingerprint density at radius 2 is 1.97 bits per heavy atom. The van der Waals surface area contributed by atoms with E-state index in [2.05, 4.69) is 52.1 Å². The molecule has 1 aliphatic carbocycles. The molecule has 1 saturated carbocycles. The van der Waals surface area contributed by atoms with Crippen molar-refractivity contribution in [2.75, 3.05) is 23.8 Å². The Balaban J connectivity index is 1.27. The van der Waals surface area contributed by atoms with Gasteiger partial charge in [-0.15, -0.1) is 0 Å². The Morgan fingerprint density at radius 1 is 1.16 bits per heavy atom. The first-order valence-corrected chi connectivity index (χ1v) is 12.8. The largest absolute Gasteiger partial charge is 0.455 e. The molecule has 11 heteroatoms. The topological polar surface area (TPSA) is 121 Å². The SMILES string of the molecule is CC(=O)Nc1cc(Oc2cnc3nc(Nc4cc(C(C)(C)C)n([C@H]5COCC56CC6)n4)n(C)c3c2)ccn1. The van der Waals surface area contributed by atoms with E-state index < -0.39 is 0 Å². The van der Waals surface area contributed by atoms with E-state index in [1.807, 2.05) is 17.7 Å². The quantitative estimate of drug-likeness (QED) is 0.378. The molecule has 2 aliphatic rings. The van der Waals surface area contributed by atoms with E-state index in [1.54, 1.807) is 24.5 Å². The maximum atomic E-state index is 11.3. The zero-order chi connectivity index (χ0) is 26.7. The third-order valence-corrected chi connectivity index (χ3v) is 7.29. The number of carbonyl (C=O) groups is 1. The maximum Gasteiger partial charge on any atom is 0.222 e. The van der Waals surface area contributed by atoms with Crippen LogP contribution in [0.5, 0.6) is 11.5 Å². The van der Waals surface area contributed by atoms with Gasteiger partial charge in [-0.05, 0) is 18.9 Å². The van der Waals surface area contributed by atoms with Crippen molar-refractivity contribution in [3.05, 3.63) is 42.4 Å². The van der Waals surface area contributed by atoms with Crippen LogP contribution in [-0.4, -0.2) is 48.4 Å². The van der Waals surface area contributed by atoms with Crippen molar-refractivity contribution in [2.45, 2.75) is 52.0 Å². The van der Waals surface area contributed by atoms with Crippen LogP contribution in [0.4, 0.5) is 17.6 Å². The summed E-state index contributed by atoms with van der Waals surface area (Å²) in [5, 5.41) is 11.1. The average Bonchev–Trinajstić information content (AvgIpc) is 3.16. The molecule has 1 amide bonds. The number of imidazole rings is 1. The van der Waals surface area contributed by atoms with Gasteiger partial charge in [0.05, 0.1) is 31.0 Å². The van der Waals surface area contributed by atoms with Crippen LogP contribution < -0.4 is 15.4 Å². The van der Waals surface area contributed by atoms with Crippen LogP contribution >= 0.6 is 0 Å². The lowest BCUT2D eigenvalue weighted by atomic mass is 9.90. The van der Waals surface area contributed by atoms with Crippen LogP contribution in [0.15, 0.2) is 36.7 Å². The molecule has 2 N–H and O–H groups in total. The Kier molecular flexibility index (Phi) is 5.64. The van der Waals surface area contributed by atoms with Gasteiger partial charge in [0, 0.05) is 54.9 Å². The molecule has 1 atom stereocenters. The molecule has 4 aromatic heterocycles. The van der Waals surface area contributed by atoms with Crippen molar-refractivity contribution >= 4 is 34.7 Å². The van der Waals surface area contributed by atoms with Crippen LogP contribution in [0.25, 0.3) is 11.2 Å². The Labute approximate surface area is 220 Å². The smallest absolute Gasteiger partial charge is 0.222 e. The molecule has 1 spiro atoms. The molecular formula is C27H32N8O3. The lowest BCUT2D eigenvalue weighted by molar-refractivity contribution is -0.114. The van der Waals surface area contributed by atoms with E-state index in [1.165, 1.54) is 25.5 Å². The zero-order valence-electron chi connectivity index (χ0n) is 22.3. The molecule has 38 heavy (non-hydrogen) atoms. The number of rotatable bonds is 6. The fourth-order valence-electron chi connectivity index (χ4n) is 5.06. The number of hydrogen-bond acceptors (Lipinski definition) is 8. The highest BCUT2D eigenvalue weighted by molar-refractivity contribution is 5.87. The first-order chi connectivity index (χ1) is 18.1. The number of nitrogens with zero attached hydrogens (tertiary/aromatic N) is 6. The third-order valence-electron chi connectivity index (χ3n) is 7.29. The second-order valence-corrected chi connectivity index (χ2v) is 11.3. The van der Waals surface area contributed by atoms with Crippen molar-refractivity contribution in [1.82, 2.24) is 29.3 Å². The van der Waals surface area contributed by atoms with Gasteiger partial charge < -0.3 is 24.7 Å². The Morgan fingerprint density at radius 3 is 2.71 bits per heavy atom. The van der Waals surface area contributed by atoms with Gasteiger partial charge in [0.25, 0.3) is 0 Å². The number of fused-ring (bicyclic) bond motifs is 1. The van der Waals surface area contributed by atoms with Gasteiger partial charge in [0.15, 0.2) is 11.5 Å². The minimum absolute atomic E-state index is 0.0709. The average molecular weight is 517 g/mol. The number of aryl methyl sites for hydroxylation is 1. The number of nitrogens with one attached hydrogen (secondary N) is 2. The summed E-state index contributed by atoms with van der Waals surface area (Å²) in [6, 6.07) is 7.63. The van der Waals surface area contributed by atoms with Crippen molar-refractivity contribution in [3.63, 3.8) is 0 Å². The molecule has 1 saturated heterocycles. The van der Waals surface area contributed by atoms with Gasteiger partial charge in [-0.2, -0.15) is 10.1 Å². The Bertz CT molecular complexity index is 1530. The lowest BCUT2D eigenvalue weighted by Gasteiger charge is -2.25. The number of pyridine rings is 2. The van der Waals surface area contributed by atoms with Crippen LogP contribution in [-0.2, 0) is 22.0 Å². The number of carbonyl (C=O) groups excluding carboxylic acids is 1. The fourth-order valence-corrected chi connectivity index (χ4v) is 5.06. The van der Waals surface area contributed by atoms with E-state index >= 15 is 0 Å². The fraction of sp³-hybridized carbons (Fsp3) is 0.444. The van der Waals surface area contributed by atoms with Gasteiger partial charge in [-0.25, -0.2) is 9.97 Å². The maximum absolute atomic E-state index is 11.3. The second kappa shape index (κ2) is 8.80. The van der Waals surface area contributed by atoms with E-state index in [9.17, 15) is 4.79 Å². The molecule has 5 heterocycles. The number of amides is 1. The summed E-state index contributed by atoms with van der Waals surface area (Å²) in [5.74, 6) is 2.68. The summed E-state index contributed by atoms with van der Waals surface area (Å²) in [6.07, 6.45) is 5.59. The molecule has 6 rings (SSSR count). The number of hydrogen-bond donors (Lipinski definition) is 2. The van der Waals surface area contributed by atoms with E-state index in [0.29, 0.717) is 35.5 Å². The van der Waals surface area contributed by atoms with Crippen molar-refractivity contribution in [2.24, 2.45) is 12.5 Å². The van der Waals surface area contributed by atoms with Gasteiger partial charge in [0.1, 0.15) is 17.3 Å². The molecule has 0 radical (unpaired) electrons. The van der Waals surface area contributed by atoms with Crippen molar-refractivity contribution in [1.29, 1.82) is 0 Å². The van der Waals surface area contributed by atoms with Gasteiger partial charge >= 0.3 is 0 Å². The molecule has 4 aromatic rings. The van der Waals surface area contributed by atoms with E-state index in [-0.39, 0.29) is 22.8 Å². The molecule has 0 aromatic carbocycles. The van der Waals surface area contributed by atoms with Crippen LogP contribution in [0, 0.1) is 5.41 Å². The normalized spacial score (nSPS) is 18.2. The summed E-state index contributed by atoms with van der Waals surface area (Å²) in [4.78, 5) is 24.7. The summed E-state index contributed by atoms with van der Waals surface area (Å²) < 4.78 is 16.0.